The summed E-state index contributed by atoms with van der Waals surface area (Å²) in [5, 5.41) is 2.76. The first kappa shape index (κ1) is 24.4. The number of aromatic nitrogens is 1. The number of nitrogens with zero attached hydrogens (tertiary/aromatic N) is 2. The number of rotatable bonds is 8. The summed E-state index contributed by atoms with van der Waals surface area (Å²) in [5.74, 6) is 0.156. The number of oxazole rings is 1. The second kappa shape index (κ2) is 10.7. The van der Waals surface area contributed by atoms with E-state index >= 15 is 0 Å². The highest BCUT2D eigenvalue weighted by Crippen LogP contribution is 2.38. The van der Waals surface area contributed by atoms with Crippen LogP contribution in [0.15, 0.2) is 53.1 Å². The van der Waals surface area contributed by atoms with Crippen LogP contribution in [0, 0.1) is 11.7 Å². The summed E-state index contributed by atoms with van der Waals surface area (Å²) >= 11 is 0. The van der Waals surface area contributed by atoms with Gasteiger partial charge in [0.15, 0.2) is 12.3 Å². The van der Waals surface area contributed by atoms with Crippen LogP contribution in [0.1, 0.15) is 66.3 Å². The predicted octanol–water partition coefficient (Wildman–Crippen LogP) is 4.66. The van der Waals surface area contributed by atoms with Gasteiger partial charge >= 0.3 is 0 Å². The zero-order valence-corrected chi connectivity index (χ0v) is 20.2. The first-order chi connectivity index (χ1) is 16.9. The molecule has 4 rings (SSSR count). The Hall–Kier alpha value is -3.68. The molecule has 0 unspecified atom stereocenters. The molecular weight excluding hydrogens is 449 g/mol. The van der Waals surface area contributed by atoms with E-state index in [0.29, 0.717) is 18.8 Å². The Morgan fingerprint density at radius 1 is 1.23 bits per heavy atom. The molecule has 184 valence electrons. The van der Waals surface area contributed by atoms with Gasteiger partial charge in [0.25, 0.3) is 5.91 Å². The van der Waals surface area contributed by atoms with Gasteiger partial charge in [0, 0.05) is 19.0 Å². The SMILES string of the molecule is CCCNC(=O)c1coc(COc2ccc3c(c2)[C@H](c2ccc(F)cc2)N(C(=O)C(C)C)CC3)n1. The summed E-state index contributed by atoms with van der Waals surface area (Å²) in [6, 6.07) is 11.7. The number of benzene rings is 2. The average Bonchev–Trinajstić information content (AvgIpc) is 3.34. The zero-order chi connectivity index (χ0) is 24.9. The van der Waals surface area contributed by atoms with Crippen molar-refractivity contribution in [3.05, 3.63) is 82.8 Å². The number of hydrogen-bond acceptors (Lipinski definition) is 5. The Labute approximate surface area is 204 Å². The van der Waals surface area contributed by atoms with E-state index in [0.717, 1.165) is 29.5 Å². The number of carbonyl (C=O) groups is 2. The summed E-state index contributed by atoms with van der Waals surface area (Å²) in [5.41, 5.74) is 3.11. The van der Waals surface area contributed by atoms with E-state index in [1.807, 2.05) is 43.9 Å². The summed E-state index contributed by atoms with van der Waals surface area (Å²) in [6.45, 7) is 6.94. The standard InChI is InChI=1S/C27H30FN3O4/c1-4-12-29-26(32)23-15-35-24(30-23)16-34-21-10-7-18-11-13-31(27(33)17(2)3)25(22(18)14-21)19-5-8-20(28)9-6-19/h5-10,14-15,17,25H,4,11-13,16H2,1-3H3,(H,29,32)/t25-/m0/s1. The fourth-order valence-electron chi connectivity index (χ4n) is 4.21. The molecule has 35 heavy (non-hydrogen) atoms. The Bertz CT molecular complexity index is 1190. The van der Waals surface area contributed by atoms with Crippen molar-refractivity contribution in [2.75, 3.05) is 13.1 Å². The quantitative estimate of drug-likeness (QED) is 0.508. The van der Waals surface area contributed by atoms with E-state index < -0.39 is 0 Å². The average molecular weight is 480 g/mol. The summed E-state index contributed by atoms with van der Waals surface area (Å²) < 4.78 is 25.0. The lowest BCUT2D eigenvalue weighted by molar-refractivity contribution is -0.136. The molecule has 2 aromatic carbocycles. The topological polar surface area (TPSA) is 84.7 Å². The molecule has 0 bridgehead atoms. The Morgan fingerprint density at radius 3 is 2.71 bits per heavy atom. The molecule has 3 aromatic rings. The van der Waals surface area contributed by atoms with Gasteiger partial charge in [0.1, 0.15) is 17.8 Å². The molecule has 2 amide bonds. The molecule has 0 aliphatic carbocycles. The van der Waals surface area contributed by atoms with Crippen molar-refractivity contribution >= 4 is 11.8 Å². The van der Waals surface area contributed by atoms with E-state index in [2.05, 4.69) is 10.3 Å². The van der Waals surface area contributed by atoms with Crippen LogP contribution in [-0.4, -0.2) is 34.8 Å². The van der Waals surface area contributed by atoms with Crippen LogP contribution in [0.2, 0.25) is 0 Å². The third kappa shape index (κ3) is 5.53. The molecule has 1 aliphatic heterocycles. The van der Waals surface area contributed by atoms with Crippen molar-refractivity contribution in [1.82, 2.24) is 15.2 Å². The Balaban J connectivity index is 1.57. The third-order valence-corrected chi connectivity index (χ3v) is 5.99. The number of fused-ring (bicyclic) bond motifs is 1. The highest BCUT2D eigenvalue weighted by Gasteiger charge is 2.33. The van der Waals surface area contributed by atoms with Gasteiger partial charge in [0.2, 0.25) is 11.8 Å². The lowest BCUT2D eigenvalue weighted by Crippen LogP contribution is -2.42. The number of nitrogens with one attached hydrogen (secondary N) is 1. The molecule has 0 fully saturated rings. The molecule has 1 N–H and O–H groups in total. The molecule has 0 spiro atoms. The van der Waals surface area contributed by atoms with Gasteiger partial charge in [-0.25, -0.2) is 9.37 Å². The summed E-state index contributed by atoms with van der Waals surface area (Å²) in [7, 11) is 0. The van der Waals surface area contributed by atoms with E-state index in [1.165, 1.54) is 18.4 Å². The van der Waals surface area contributed by atoms with Gasteiger partial charge in [-0.2, -0.15) is 0 Å². The second-order valence-electron chi connectivity index (χ2n) is 8.92. The van der Waals surface area contributed by atoms with Crippen LogP contribution < -0.4 is 10.1 Å². The number of halogens is 1. The number of ether oxygens (including phenoxy) is 1. The first-order valence-corrected chi connectivity index (χ1v) is 11.9. The molecule has 1 aromatic heterocycles. The van der Waals surface area contributed by atoms with E-state index in [9.17, 15) is 14.0 Å². The first-order valence-electron chi connectivity index (χ1n) is 11.9. The summed E-state index contributed by atoms with van der Waals surface area (Å²) in [4.78, 5) is 31.2. The van der Waals surface area contributed by atoms with E-state index in [-0.39, 0.29) is 47.8 Å². The molecule has 8 heteroatoms. The molecule has 1 atom stereocenters. The van der Waals surface area contributed by atoms with Crippen molar-refractivity contribution in [2.45, 2.75) is 46.3 Å². The van der Waals surface area contributed by atoms with E-state index in [1.54, 1.807) is 12.1 Å². The highest BCUT2D eigenvalue weighted by atomic mass is 19.1. The molecule has 0 radical (unpaired) electrons. The van der Waals surface area contributed by atoms with E-state index in [4.69, 9.17) is 9.15 Å². The van der Waals surface area contributed by atoms with Gasteiger partial charge in [0.05, 0.1) is 6.04 Å². The minimum absolute atomic E-state index is 0.0463. The highest BCUT2D eigenvalue weighted by molar-refractivity contribution is 5.91. The number of carbonyl (C=O) groups excluding carboxylic acids is 2. The van der Waals surface area contributed by atoms with Crippen LogP contribution in [0.5, 0.6) is 5.75 Å². The molecule has 1 aliphatic rings. The maximum absolute atomic E-state index is 13.6. The van der Waals surface area contributed by atoms with Crippen LogP contribution in [0.4, 0.5) is 4.39 Å². The van der Waals surface area contributed by atoms with Gasteiger partial charge in [-0.05, 0) is 53.8 Å². The molecule has 0 saturated heterocycles. The molecular formula is C27H30FN3O4. The fraction of sp³-hybridized carbons (Fsp3) is 0.370. The minimum atomic E-state index is -0.339. The molecule has 2 heterocycles. The van der Waals surface area contributed by atoms with Crippen molar-refractivity contribution in [2.24, 2.45) is 5.92 Å². The van der Waals surface area contributed by atoms with Crippen molar-refractivity contribution in [1.29, 1.82) is 0 Å². The van der Waals surface area contributed by atoms with Gasteiger partial charge in [-0.1, -0.05) is 39.0 Å². The van der Waals surface area contributed by atoms with Gasteiger partial charge < -0.3 is 19.4 Å². The van der Waals surface area contributed by atoms with Crippen molar-refractivity contribution < 1.29 is 23.1 Å². The minimum Gasteiger partial charge on any atom is -0.484 e. The predicted molar refractivity (Wildman–Crippen MR) is 128 cm³/mol. The summed E-state index contributed by atoms with van der Waals surface area (Å²) in [6.07, 6.45) is 2.87. The number of amides is 2. The lowest BCUT2D eigenvalue weighted by Gasteiger charge is -2.39. The number of hydrogen-bond donors (Lipinski definition) is 1. The smallest absolute Gasteiger partial charge is 0.273 e. The fourth-order valence-corrected chi connectivity index (χ4v) is 4.21. The maximum Gasteiger partial charge on any atom is 0.273 e. The van der Waals surface area contributed by atoms with Gasteiger partial charge in [-0.15, -0.1) is 0 Å². The van der Waals surface area contributed by atoms with Crippen LogP contribution in [0.25, 0.3) is 0 Å². The Morgan fingerprint density at radius 2 is 2.00 bits per heavy atom. The second-order valence-corrected chi connectivity index (χ2v) is 8.92. The van der Waals surface area contributed by atoms with Crippen LogP contribution in [-0.2, 0) is 17.8 Å². The largest absolute Gasteiger partial charge is 0.484 e. The van der Waals surface area contributed by atoms with Crippen LogP contribution >= 0.6 is 0 Å². The lowest BCUT2D eigenvalue weighted by atomic mass is 9.87. The van der Waals surface area contributed by atoms with Crippen molar-refractivity contribution in [3.63, 3.8) is 0 Å². The molecule has 0 saturated carbocycles. The molecule has 7 nitrogen and oxygen atoms in total. The normalized spacial score (nSPS) is 15.1. The maximum atomic E-state index is 13.6. The zero-order valence-electron chi connectivity index (χ0n) is 20.2. The van der Waals surface area contributed by atoms with Crippen molar-refractivity contribution in [3.8, 4) is 5.75 Å². The Kier molecular flexibility index (Phi) is 7.48. The third-order valence-electron chi connectivity index (χ3n) is 5.99. The monoisotopic (exact) mass is 479 g/mol. The van der Waals surface area contributed by atoms with Gasteiger partial charge in [-0.3, -0.25) is 9.59 Å². The van der Waals surface area contributed by atoms with Crippen LogP contribution in [0.3, 0.4) is 0 Å².